The van der Waals surface area contributed by atoms with Crippen LogP contribution in [0.2, 0.25) is 0 Å². The molecule has 0 amide bonds. The Bertz CT molecular complexity index is 817. The van der Waals surface area contributed by atoms with Gasteiger partial charge in [0, 0.05) is 29.1 Å². The minimum atomic E-state index is -3.20. The highest BCUT2D eigenvalue weighted by molar-refractivity contribution is 7.90. The van der Waals surface area contributed by atoms with E-state index in [1.165, 1.54) is 0 Å². The van der Waals surface area contributed by atoms with Gasteiger partial charge in [-0.15, -0.1) is 0 Å². The van der Waals surface area contributed by atoms with Crippen molar-refractivity contribution in [3.8, 4) is 11.4 Å². The van der Waals surface area contributed by atoms with Crippen LogP contribution in [0.25, 0.3) is 11.4 Å². The van der Waals surface area contributed by atoms with E-state index in [4.69, 9.17) is 0 Å². The van der Waals surface area contributed by atoms with Crippen molar-refractivity contribution in [2.24, 2.45) is 0 Å². The molecule has 6 heteroatoms. The topological polar surface area (TPSA) is 72.0 Å². The van der Waals surface area contributed by atoms with E-state index in [0.29, 0.717) is 5.82 Å². The van der Waals surface area contributed by atoms with Crippen LogP contribution in [0.1, 0.15) is 43.0 Å². The van der Waals surface area contributed by atoms with Crippen LogP contribution in [0.3, 0.4) is 0 Å². The number of benzene rings is 1. The van der Waals surface area contributed by atoms with Crippen molar-refractivity contribution in [1.82, 2.24) is 14.7 Å². The van der Waals surface area contributed by atoms with Gasteiger partial charge in [-0.05, 0) is 32.1 Å². The molecule has 0 aliphatic heterocycles. The summed E-state index contributed by atoms with van der Waals surface area (Å²) in [6.45, 7) is 0. The van der Waals surface area contributed by atoms with E-state index in [2.05, 4.69) is 14.7 Å². The summed E-state index contributed by atoms with van der Waals surface area (Å²) in [6.07, 6.45) is 5.98. The van der Waals surface area contributed by atoms with Crippen LogP contribution in [0.5, 0.6) is 0 Å². The molecule has 1 aromatic carbocycles. The summed E-state index contributed by atoms with van der Waals surface area (Å²) in [5.41, 5.74) is 2.88. The van der Waals surface area contributed by atoms with Gasteiger partial charge in [0.1, 0.15) is 0 Å². The maximum absolute atomic E-state index is 12.2. The van der Waals surface area contributed by atoms with E-state index in [1.54, 1.807) is 6.20 Å². The van der Waals surface area contributed by atoms with Crippen molar-refractivity contribution < 1.29 is 8.42 Å². The second kappa shape index (κ2) is 5.69. The Morgan fingerprint density at radius 1 is 1.09 bits per heavy atom. The van der Waals surface area contributed by atoms with Crippen LogP contribution in [0, 0.1) is 0 Å². The quantitative estimate of drug-likeness (QED) is 0.936. The van der Waals surface area contributed by atoms with Gasteiger partial charge in [0.15, 0.2) is 5.82 Å². The van der Waals surface area contributed by atoms with Crippen molar-refractivity contribution in [2.75, 3.05) is 0 Å². The van der Waals surface area contributed by atoms with Gasteiger partial charge in [0.25, 0.3) is 0 Å². The summed E-state index contributed by atoms with van der Waals surface area (Å²) in [7, 11) is -3.20. The summed E-state index contributed by atoms with van der Waals surface area (Å²) in [5, 5.41) is -0.197. The molecule has 0 bridgehead atoms. The van der Waals surface area contributed by atoms with Crippen LogP contribution in [0.15, 0.2) is 36.5 Å². The van der Waals surface area contributed by atoms with Gasteiger partial charge in [-0.1, -0.05) is 30.3 Å². The molecule has 120 valence electrons. The first-order chi connectivity index (χ1) is 11.1. The molecule has 0 spiro atoms. The second-order valence-electron chi connectivity index (χ2n) is 6.27. The third kappa shape index (κ3) is 3.01. The summed E-state index contributed by atoms with van der Waals surface area (Å²) < 4.78 is 27.3. The highest BCUT2D eigenvalue weighted by Crippen LogP contribution is 2.33. The summed E-state index contributed by atoms with van der Waals surface area (Å²) in [6, 6.07) is 9.67. The van der Waals surface area contributed by atoms with E-state index in [9.17, 15) is 8.42 Å². The third-order valence-corrected chi connectivity index (χ3v) is 6.45. The highest BCUT2D eigenvalue weighted by Gasteiger charge is 2.38. The maximum atomic E-state index is 12.2. The summed E-state index contributed by atoms with van der Waals surface area (Å²) >= 11 is 0. The molecule has 1 saturated carbocycles. The first-order valence-corrected chi connectivity index (χ1v) is 9.60. The molecule has 4 rings (SSSR count). The molecular formula is C17H19N3O2S. The molecule has 2 aliphatic carbocycles. The number of nitrogens with one attached hydrogen (secondary N) is 1. The standard InChI is InChI=1S/C17H19N3O2S/c21-23(22,13-9-10-13)20-16-8-4-7-15-14(16)11-18-17(19-15)12-5-2-1-3-6-12/h1-3,5-6,11,13,16,20H,4,7-10H2/t16-/m0/s1. The van der Waals surface area contributed by atoms with Crippen LogP contribution < -0.4 is 4.72 Å². The zero-order chi connectivity index (χ0) is 15.9. The lowest BCUT2D eigenvalue weighted by atomic mass is 9.93. The fraction of sp³-hybridized carbons (Fsp3) is 0.412. The third-order valence-electron chi connectivity index (χ3n) is 4.48. The number of rotatable bonds is 4. The lowest BCUT2D eigenvalue weighted by Crippen LogP contribution is -2.33. The van der Waals surface area contributed by atoms with Gasteiger partial charge in [-0.2, -0.15) is 0 Å². The second-order valence-corrected chi connectivity index (χ2v) is 8.26. The molecule has 1 fully saturated rings. The zero-order valence-corrected chi connectivity index (χ0v) is 13.6. The smallest absolute Gasteiger partial charge is 0.215 e. The van der Waals surface area contributed by atoms with E-state index in [-0.39, 0.29) is 11.3 Å². The van der Waals surface area contributed by atoms with Gasteiger partial charge in [-0.25, -0.2) is 23.1 Å². The minimum absolute atomic E-state index is 0.186. The van der Waals surface area contributed by atoms with Gasteiger partial charge < -0.3 is 0 Å². The Labute approximate surface area is 136 Å². The Morgan fingerprint density at radius 2 is 1.87 bits per heavy atom. The molecular weight excluding hydrogens is 310 g/mol. The molecule has 5 nitrogen and oxygen atoms in total. The fourth-order valence-electron chi connectivity index (χ4n) is 3.07. The predicted molar refractivity (Wildman–Crippen MR) is 88.2 cm³/mol. The zero-order valence-electron chi connectivity index (χ0n) is 12.8. The summed E-state index contributed by atoms with van der Waals surface area (Å²) in [5.74, 6) is 0.704. The van der Waals surface area contributed by atoms with E-state index >= 15 is 0 Å². The maximum Gasteiger partial charge on any atom is 0.215 e. The number of hydrogen-bond acceptors (Lipinski definition) is 4. The van der Waals surface area contributed by atoms with Crippen LogP contribution in [-0.4, -0.2) is 23.6 Å². The SMILES string of the molecule is O=S(=O)(N[C@H]1CCCc2nc(-c3ccccc3)ncc21)C1CC1. The van der Waals surface area contributed by atoms with Crippen molar-refractivity contribution in [3.63, 3.8) is 0 Å². The molecule has 0 unspecified atom stereocenters. The molecule has 1 aromatic heterocycles. The molecule has 2 aromatic rings. The van der Waals surface area contributed by atoms with Gasteiger partial charge in [0.05, 0.1) is 5.25 Å². The predicted octanol–water partition coefficient (Wildman–Crippen LogP) is 2.60. The van der Waals surface area contributed by atoms with E-state index < -0.39 is 10.0 Å². The van der Waals surface area contributed by atoms with Crippen LogP contribution in [0.4, 0.5) is 0 Å². The lowest BCUT2D eigenvalue weighted by molar-refractivity contribution is 0.499. The number of sulfonamides is 1. The Kier molecular flexibility index (Phi) is 3.66. The molecule has 1 heterocycles. The largest absolute Gasteiger partial charge is 0.236 e. The monoisotopic (exact) mass is 329 g/mol. The van der Waals surface area contributed by atoms with Crippen molar-refractivity contribution in [1.29, 1.82) is 0 Å². The lowest BCUT2D eigenvalue weighted by Gasteiger charge is -2.25. The van der Waals surface area contributed by atoms with Gasteiger partial charge in [0.2, 0.25) is 10.0 Å². The Morgan fingerprint density at radius 3 is 2.61 bits per heavy atom. The molecule has 1 N–H and O–H groups in total. The average molecular weight is 329 g/mol. The molecule has 1 atom stereocenters. The van der Waals surface area contributed by atoms with Crippen LogP contribution in [-0.2, 0) is 16.4 Å². The van der Waals surface area contributed by atoms with Crippen LogP contribution >= 0.6 is 0 Å². The highest BCUT2D eigenvalue weighted by atomic mass is 32.2. The number of nitrogens with zero attached hydrogens (tertiary/aromatic N) is 2. The molecule has 23 heavy (non-hydrogen) atoms. The number of fused-ring (bicyclic) bond motifs is 1. The normalized spacial score (nSPS) is 21.0. The fourth-order valence-corrected chi connectivity index (χ4v) is 4.66. The Hall–Kier alpha value is -1.79. The minimum Gasteiger partial charge on any atom is -0.236 e. The van der Waals surface area contributed by atoms with Crippen molar-refractivity contribution >= 4 is 10.0 Å². The van der Waals surface area contributed by atoms with Gasteiger partial charge >= 0.3 is 0 Å². The molecule has 0 saturated heterocycles. The molecule has 2 aliphatic rings. The number of hydrogen-bond donors (Lipinski definition) is 1. The Balaban J connectivity index is 1.64. The van der Waals surface area contributed by atoms with E-state index in [1.807, 2.05) is 30.3 Å². The summed E-state index contributed by atoms with van der Waals surface area (Å²) in [4.78, 5) is 9.14. The first kappa shape index (κ1) is 14.8. The first-order valence-electron chi connectivity index (χ1n) is 8.06. The van der Waals surface area contributed by atoms with Crippen molar-refractivity contribution in [3.05, 3.63) is 47.8 Å². The van der Waals surface area contributed by atoms with Crippen molar-refractivity contribution in [2.45, 2.75) is 43.4 Å². The molecule has 0 radical (unpaired) electrons. The number of aryl methyl sites for hydroxylation is 1. The number of aromatic nitrogens is 2. The van der Waals surface area contributed by atoms with Gasteiger partial charge in [-0.3, -0.25) is 0 Å². The van der Waals surface area contributed by atoms with E-state index in [0.717, 1.165) is 48.9 Å². The average Bonchev–Trinajstić information content (AvgIpc) is 3.41.